The minimum Gasteiger partial charge on any atom is -0.497 e. The zero-order valence-electron chi connectivity index (χ0n) is 12.9. The molecule has 1 aromatic carbocycles. The van der Waals surface area contributed by atoms with Crippen molar-refractivity contribution in [2.24, 2.45) is 0 Å². The van der Waals surface area contributed by atoms with Gasteiger partial charge >= 0.3 is 0 Å². The number of aryl methyl sites for hydroxylation is 1. The van der Waals surface area contributed by atoms with Crippen LogP contribution in [0.4, 0.5) is 11.6 Å². The van der Waals surface area contributed by atoms with Crippen LogP contribution in [0, 0.1) is 6.92 Å². The van der Waals surface area contributed by atoms with E-state index >= 15 is 0 Å². The van der Waals surface area contributed by atoms with Crippen molar-refractivity contribution in [3.63, 3.8) is 0 Å². The second-order valence-electron chi connectivity index (χ2n) is 5.38. The Morgan fingerprint density at radius 2 is 1.73 bits per heavy atom. The fourth-order valence-corrected chi connectivity index (χ4v) is 2.68. The first-order valence-corrected chi connectivity index (χ1v) is 7.37. The number of nitrogens with one attached hydrogen (secondary N) is 1. The van der Waals surface area contributed by atoms with Gasteiger partial charge in [-0.1, -0.05) is 0 Å². The Balaban J connectivity index is 1.67. The Morgan fingerprint density at radius 1 is 1.09 bits per heavy atom. The lowest BCUT2D eigenvalue weighted by Gasteiger charge is -2.36. The van der Waals surface area contributed by atoms with Gasteiger partial charge in [0.2, 0.25) is 5.95 Å². The van der Waals surface area contributed by atoms with Crippen LogP contribution in [0.15, 0.2) is 35.1 Å². The molecular formula is C16H20N4O2. The maximum Gasteiger partial charge on any atom is 0.252 e. The Hall–Kier alpha value is -2.50. The number of aromatic amines is 1. The summed E-state index contributed by atoms with van der Waals surface area (Å²) in [6.45, 7) is 5.29. The third kappa shape index (κ3) is 3.05. The van der Waals surface area contributed by atoms with Crippen molar-refractivity contribution in [2.45, 2.75) is 6.92 Å². The van der Waals surface area contributed by atoms with Gasteiger partial charge in [0, 0.05) is 43.6 Å². The summed E-state index contributed by atoms with van der Waals surface area (Å²) in [7, 11) is 1.67. The number of anilines is 2. The van der Waals surface area contributed by atoms with E-state index < -0.39 is 0 Å². The molecule has 1 aliphatic heterocycles. The number of H-pyrrole nitrogens is 1. The van der Waals surface area contributed by atoms with Gasteiger partial charge in [-0.25, -0.2) is 4.98 Å². The standard InChI is InChI=1S/C16H20N4O2/c1-12-11-15(21)18-16(17-12)20-9-7-19(8-10-20)13-3-5-14(22-2)6-4-13/h3-6,11H,7-10H2,1-2H3,(H,17,18,21). The first-order valence-electron chi connectivity index (χ1n) is 7.37. The topological polar surface area (TPSA) is 61.5 Å². The second kappa shape index (κ2) is 6.09. The van der Waals surface area contributed by atoms with Crippen LogP contribution >= 0.6 is 0 Å². The third-order valence-corrected chi connectivity index (χ3v) is 3.87. The van der Waals surface area contributed by atoms with E-state index in [1.54, 1.807) is 7.11 Å². The molecule has 1 aliphatic rings. The maximum atomic E-state index is 11.6. The largest absolute Gasteiger partial charge is 0.497 e. The number of methoxy groups -OCH3 is 1. The Bertz CT molecular complexity index is 688. The quantitative estimate of drug-likeness (QED) is 0.929. The molecule has 22 heavy (non-hydrogen) atoms. The molecule has 1 fully saturated rings. The Morgan fingerprint density at radius 3 is 2.32 bits per heavy atom. The molecular weight excluding hydrogens is 280 g/mol. The van der Waals surface area contributed by atoms with E-state index in [9.17, 15) is 4.79 Å². The molecule has 0 atom stereocenters. The normalized spacial score (nSPS) is 15.0. The SMILES string of the molecule is COc1ccc(N2CCN(c3nc(C)cc(=O)[nH]3)CC2)cc1. The van der Waals surface area contributed by atoms with Gasteiger partial charge in [0.25, 0.3) is 5.56 Å². The van der Waals surface area contributed by atoms with Crippen molar-refractivity contribution in [3.8, 4) is 5.75 Å². The first-order chi connectivity index (χ1) is 10.7. The third-order valence-electron chi connectivity index (χ3n) is 3.87. The summed E-state index contributed by atoms with van der Waals surface area (Å²) in [5, 5.41) is 0. The average Bonchev–Trinajstić information content (AvgIpc) is 2.54. The van der Waals surface area contributed by atoms with Crippen LogP contribution in [0.25, 0.3) is 0 Å². The van der Waals surface area contributed by atoms with Gasteiger partial charge in [0.15, 0.2) is 0 Å². The molecule has 0 aliphatic carbocycles. The molecule has 3 rings (SSSR count). The van der Waals surface area contributed by atoms with E-state index in [-0.39, 0.29) is 5.56 Å². The van der Waals surface area contributed by atoms with Crippen LogP contribution in [0.5, 0.6) is 5.75 Å². The van der Waals surface area contributed by atoms with Gasteiger partial charge in [-0.2, -0.15) is 0 Å². The molecule has 1 saturated heterocycles. The lowest BCUT2D eigenvalue weighted by atomic mass is 10.2. The molecule has 1 N–H and O–H groups in total. The van der Waals surface area contributed by atoms with Crippen molar-refractivity contribution in [1.29, 1.82) is 0 Å². The summed E-state index contributed by atoms with van der Waals surface area (Å²) in [6, 6.07) is 9.60. The summed E-state index contributed by atoms with van der Waals surface area (Å²) in [4.78, 5) is 23.2. The van der Waals surface area contributed by atoms with Gasteiger partial charge in [-0.3, -0.25) is 9.78 Å². The highest BCUT2D eigenvalue weighted by atomic mass is 16.5. The summed E-state index contributed by atoms with van der Waals surface area (Å²) >= 11 is 0. The molecule has 116 valence electrons. The molecule has 6 nitrogen and oxygen atoms in total. The van der Waals surface area contributed by atoms with Crippen molar-refractivity contribution >= 4 is 11.6 Å². The highest BCUT2D eigenvalue weighted by molar-refractivity contribution is 5.50. The van der Waals surface area contributed by atoms with Crippen molar-refractivity contribution < 1.29 is 4.74 Å². The number of aromatic nitrogens is 2. The molecule has 0 saturated carbocycles. The number of ether oxygens (including phenoxy) is 1. The first kappa shape index (κ1) is 14.4. The van der Waals surface area contributed by atoms with E-state index in [0.717, 1.165) is 37.6 Å². The molecule has 1 aromatic heterocycles. The zero-order chi connectivity index (χ0) is 15.5. The molecule has 0 spiro atoms. The predicted octanol–water partition coefficient (Wildman–Crippen LogP) is 1.41. The molecule has 0 unspecified atom stereocenters. The van der Waals surface area contributed by atoms with E-state index in [1.165, 1.54) is 11.8 Å². The predicted molar refractivity (Wildman–Crippen MR) is 87.0 cm³/mol. The van der Waals surface area contributed by atoms with Crippen molar-refractivity contribution in [1.82, 2.24) is 9.97 Å². The smallest absolute Gasteiger partial charge is 0.252 e. The monoisotopic (exact) mass is 300 g/mol. The van der Waals surface area contributed by atoms with E-state index in [4.69, 9.17) is 4.74 Å². The highest BCUT2D eigenvalue weighted by Gasteiger charge is 2.19. The summed E-state index contributed by atoms with van der Waals surface area (Å²) in [5.74, 6) is 1.53. The van der Waals surface area contributed by atoms with Crippen LogP contribution in [0.1, 0.15) is 5.69 Å². The lowest BCUT2D eigenvalue weighted by molar-refractivity contribution is 0.415. The van der Waals surface area contributed by atoms with E-state index in [1.807, 2.05) is 19.1 Å². The number of benzene rings is 1. The molecule has 2 heterocycles. The number of piperazine rings is 1. The van der Waals surface area contributed by atoms with Crippen molar-refractivity contribution in [2.75, 3.05) is 43.1 Å². The van der Waals surface area contributed by atoms with Crippen LogP contribution in [0.3, 0.4) is 0 Å². The molecule has 0 amide bonds. The van der Waals surface area contributed by atoms with Gasteiger partial charge in [0.1, 0.15) is 5.75 Å². The van der Waals surface area contributed by atoms with Crippen LogP contribution in [-0.4, -0.2) is 43.3 Å². The maximum absolute atomic E-state index is 11.6. The lowest BCUT2D eigenvalue weighted by Crippen LogP contribution is -2.47. The van der Waals surface area contributed by atoms with Crippen molar-refractivity contribution in [3.05, 3.63) is 46.4 Å². The van der Waals surface area contributed by atoms with Gasteiger partial charge in [-0.05, 0) is 31.2 Å². The summed E-state index contributed by atoms with van der Waals surface area (Å²) in [5.41, 5.74) is 1.84. The number of hydrogen-bond acceptors (Lipinski definition) is 5. The van der Waals surface area contributed by atoms with Crippen LogP contribution in [0.2, 0.25) is 0 Å². The summed E-state index contributed by atoms with van der Waals surface area (Å²) in [6.07, 6.45) is 0. The zero-order valence-corrected chi connectivity index (χ0v) is 12.9. The van der Waals surface area contributed by atoms with Crippen LogP contribution in [-0.2, 0) is 0 Å². The van der Waals surface area contributed by atoms with Gasteiger partial charge < -0.3 is 14.5 Å². The minimum absolute atomic E-state index is 0.0971. The Kier molecular flexibility index (Phi) is 4.00. The molecule has 0 radical (unpaired) electrons. The second-order valence-corrected chi connectivity index (χ2v) is 5.38. The highest BCUT2D eigenvalue weighted by Crippen LogP contribution is 2.21. The number of nitrogens with zero attached hydrogens (tertiary/aromatic N) is 3. The average molecular weight is 300 g/mol. The minimum atomic E-state index is -0.0971. The number of rotatable bonds is 3. The molecule has 2 aromatic rings. The fraction of sp³-hybridized carbons (Fsp3) is 0.375. The summed E-state index contributed by atoms with van der Waals surface area (Å²) < 4.78 is 5.19. The van der Waals surface area contributed by atoms with Gasteiger partial charge in [-0.15, -0.1) is 0 Å². The fourth-order valence-electron chi connectivity index (χ4n) is 2.68. The van der Waals surface area contributed by atoms with Crippen LogP contribution < -0.4 is 20.1 Å². The number of hydrogen-bond donors (Lipinski definition) is 1. The van der Waals surface area contributed by atoms with Gasteiger partial charge in [0.05, 0.1) is 7.11 Å². The Labute approximate surface area is 129 Å². The van der Waals surface area contributed by atoms with E-state index in [2.05, 4.69) is 31.9 Å². The molecule has 0 bridgehead atoms. The molecule has 6 heteroatoms. The van der Waals surface area contributed by atoms with E-state index in [0.29, 0.717) is 5.95 Å².